The van der Waals surface area contributed by atoms with Crippen molar-refractivity contribution in [3.8, 4) is 6.07 Å². The summed E-state index contributed by atoms with van der Waals surface area (Å²) < 4.78 is 0. The maximum absolute atomic E-state index is 11.5. The SMILES string of the molecule is N#CCC1CCC2C(=O)CCCC12. The number of rotatable bonds is 1. The van der Waals surface area contributed by atoms with Crippen LogP contribution in [0.4, 0.5) is 0 Å². The molecule has 2 fully saturated rings. The van der Waals surface area contributed by atoms with Crippen LogP contribution >= 0.6 is 0 Å². The van der Waals surface area contributed by atoms with Crippen molar-refractivity contribution in [3.63, 3.8) is 0 Å². The van der Waals surface area contributed by atoms with Crippen LogP contribution in [0.5, 0.6) is 0 Å². The molecule has 0 heterocycles. The quantitative estimate of drug-likeness (QED) is 0.616. The monoisotopic (exact) mass is 177 g/mol. The van der Waals surface area contributed by atoms with Crippen LogP contribution in [0.3, 0.4) is 0 Å². The molecule has 2 aliphatic carbocycles. The van der Waals surface area contributed by atoms with Gasteiger partial charge in [0.1, 0.15) is 5.78 Å². The van der Waals surface area contributed by atoms with Crippen LogP contribution in [-0.4, -0.2) is 5.78 Å². The van der Waals surface area contributed by atoms with E-state index in [1.807, 2.05) is 0 Å². The van der Waals surface area contributed by atoms with Crippen LogP contribution in [0.15, 0.2) is 0 Å². The largest absolute Gasteiger partial charge is 0.299 e. The minimum atomic E-state index is 0.326. The minimum absolute atomic E-state index is 0.326. The van der Waals surface area contributed by atoms with Gasteiger partial charge in [0.05, 0.1) is 6.07 Å². The van der Waals surface area contributed by atoms with Gasteiger partial charge in [-0.1, -0.05) is 0 Å². The van der Waals surface area contributed by atoms with Crippen molar-refractivity contribution < 1.29 is 4.79 Å². The molecule has 0 aliphatic heterocycles. The topological polar surface area (TPSA) is 40.9 Å². The zero-order chi connectivity index (χ0) is 9.26. The number of hydrogen-bond acceptors (Lipinski definition) is 2. The fourth-order valence-corrected chi connectivity index (χ4v) is 3.06. The molecule has 3 unspecified atom stereocenters. The minimum Gasteiger partial charge on any atom is -0.299 e. The Bertz CT molecular complexity index is 253. The average Bonchev–Trinajstić information content (AvgIpc) is 2.51. The Hall–Kier alpha value is -0.840. The van der Waals surface area contributed by atoms with Gasteiger partial charge in [-0.3, -0.25) is 4.79 Å². The lowest BCUT2D eigenvalue weighted by atomic mass is 9.76. The van der Waals surface area contributed by atoms with E-state index in [4.69, 9.17) is 5.26 Å². The Labute approximate surface area is 78.9 Å². The summed E-state index contributed by atoms with van der Waals surface area (Å²) in [6.45, 7) is 0. The molecule has 0 spiro atoms. The second kappa shape index (κ2) is 3.49. The second-order valence-corrected chi connectivity index (χ2v) is 4.33. The molecule has 2 rings (SSSR count). The molecular weight excluding hydrogens is 162 g/mol. The summed E-state index contributed by atoms with van der Waals surface area (Å²) in [5.74, 6) is 1.88. The van der Waals surface area contributed by atoms with Crippen molar-refractivity contribution in [2.75, 3.05) is 0 Å². The van der Waals surface area contributed by atoms with Crippen molar-refractivity contribution in [2.45, 2.75) is 38.5 Å². The summed E-state index contributed by atoms with van der Waals surface area (Å²) in [6.07, 6.45) is 5.85. The molecule has 0 saturated heterocycles. The summed E-state index contributed by atoms with van der Waals surface area (Å²) in [4.78, 5) is 11.5. The van der Waals surface area contributed by atoms with Crippen molar-refractivity contribution in [3.05, 3.63) is 0 Å². The molecule has 2 aliphatic rings. The van der Waals surface area contributed by atoms with E-state index in [1.54, 1.807) is 0 Å². The number of fused-ring (bicyclic) bond motifs is 1. The first-order chi connectivity index (χ1) is 6.33. The van der Waals surface area contributed by atoms with Crippen molar-refractivity contribution in [1.82, 2.24) is 0 Å². The van der Waals surface area contributed by atoms with Crippen LogP contribution in [0, 0.1) is 29.1 Å². The number of ketones is 1. The van der Waals surface area contributed by atoms with E-state index in [0.29, 0.717) is 30.0 Å². The van der Waals surface area contributed by atoms with Gasteiger partial charge in [-0.05, 0) is 37.5 Å². The third-order valence-electron chi connectivity index (χ3n) is 3.70. The van der Waals surface area contributed by atoms with Crippen LogP contribution in [0.2, 0.25) is 0 Å². The Balaban J connectivity index is 2.06. The molecule has 2 nitrogen and oxygen atoms in total. The van der Waals surface area contributed by atoms with Crippen molar-refractivity contribution in [2.24, 2.45) is 17.8 Å². The molecule has 70 valence electrons. The summed E-state index contributed by atoms with van der Waals surface area (Å²) in [5, 5.41) is 8.65. The number of carbonyl (C=O) groups excluding carboxylic acids is 1. The number of carbonyl (C=O) groups is 1. The van der Waals surface area contributed by atoms with E-state index in [1.165, 1.54) is 6.42 Å². The van der Waals surface area contributed by atoms with Crippen LogP contribution in [0.25, 0.3) is 0 Å². The molecule has 13 heavy (non-hydrogen) atoms. The molecule has 0 aromatic carbocycles. The summed E-state index contributed by atoms with van der Waals surface area (Å²) in [5.41, 5.74) is 0. The van der Waals surface area contributed by atoms with Crippen LogP contribution < -0.4 is 0 Å². The van der Waals surface area contributed by atoms with Gasteiger partial charge in [0, 0.05) is 18.8 Å². The first kappa shape index (κ1) is 8.74. The van der Waals surface area contributed by atoms with E-state index < -0.39 is 0 Å². The van der Waals surface area contributed by atoms with Gasteiger partial charge in [0.2, 0.25) is 0 Å². The van der Waals surface area contributed by atoms with Crippen LogP contribution in [0.1, 0.15) is 38.5 Å². The van der Waals surface area contributed by atoms with Gasteiger partial charge in [0.15, 0.2) is 0 Å². The maximum Gasteiger partial charge on any atom is 0.136 e. The number of nitriles is 1. The Morgan fingerprint density at radius 2 is 2.23 bits per heavy atom. The fourth-order valence-electron chi connectivity index (χ4n) is 3.06. The maximum atomic E-state index is 11.5. The van der Waals surface area contributed by atoms with Crippen LogP contribution in [-0.2, 0) is 4.79 Å². The molecular formula is C11H15NO. The third-order valence-corrected chi connectivity index (χ3v) is 3.70. The lowest BCUT2D eigenvalue weighted by molar-refractivity contribution is -0.126. The predicted molar refractivity (Wildman–Crippen MR) is 48.8 cm³/mol. The van der Waals surface area contributed by atoms with E-state index in [0.717, 1.165) is 25.7 Å². The zero-order valence-electron chi connectivity index (χ0n) is 7.83. The van der Waals surface area contributed by atoms with Gasteiger partial charge in [-0.15, -0.1) is 0 Å². The van der Waals surface area contributed by atoms with E-state index in [9.17, 15) is 4.79 Å². The Morgan fingerprint density at radius 1 is 1.38 bits per heavy atom. The fraction of sp³-hybridized carbons (Fsp3) is 0.818. The van der Waals surface area contributed by atoms with Gasteiger partial charge in [-0.2, -0.15) is 5.26 Å². The number of nitrogens with zero attached hydrogens (tertiary/aromatic N) is 1. The smallest absolute Gasteiger partial charge is 0.136 e. The predicted octanol–water partition coefficient (Wildman–Crippen LogP) is 2.30. The highest BCUT2D eigenvalue weighted by Gasteiger charge is 2.41. The lowest BCUT2D eigenvalue weighted by Gasteiger charge is -2.27. The molecule has 0 radical (unpaired) electrons. The summed E-state index contributed by atoms with van der Waals surface area (Å²) in [6, 6.07) is 2.25. The lowest BCUT2D eigenvalue weighted by Crippen LogP contribution is -2.26. The zero-order valence-corrected chi connectivity index (χ0v) is 7.83. The standard InChI is InChI=1S/C11H15NO/c12-7-6-8-4-5-10-9(8)2-1-3-11(10)13/h8-10H,1-6H2. The second-order valence-electron chi connectivity index (χ2n) is 4.33. The first-order valence-electron chi connectivity index (χ1n) is 5.22. The van der Waals surface area contributed by atoms with E-state index in [-0.39, 0.29) is 0 Å². The highest BCUT2D eigenvalue weighted by molar-refractivity contribution is 5.82. The average molecular weight is 177 g/mol. The molecule has 0 aromatic rings. The van der Waals surface area contributed by atoms with Crippen molar-refractivity contribution >= 4 is 5.78 Å². The first-order valence-corrected chi connectivity index (χ1v) is 5.22. The van der Waals surface area contributed by atoms with E-state index in [2.05, 4.69) is 6.07 Å². The van der Waals surface area contributed by atoms with Gasteiger partial charge in [-0.25, -0.2) is 0 Å². The molecule has 2 heteroatoms. The van der Waals surface area contributed by atoms with Crippen molar-refractivity contribution in [1.29, 1.82) is 5.26 Å². The highest BCUT2D eigenvalue weighted by Crippen LogP contribution is 2.45. The Morgan fingerprint density at radius 3 is 3.00 bits per heavy atom. The number of Topliss-reactive ketones (excluding diaryl/α,β-unsaturated/α-hetero) is 1. The summed E-state index contributed by atoms with van der Waals surface area (Å²) >= 11 is 0. The van der Waals surface area contributed by atoms with Gasteiger partial charge < -0.3 is 0 Å². The molecule has 0 amide bonds. The molecule has 0 N–H and O–H groups in total. The third kappa shape index (κ3) is 1.48. The normalized spacial score (nSPS) is 38.4. The summed E-state index contributed by atoms with van der Waals surface area (Å²) in [7, 11) is 0. The Kier molecular flexibility index (Phi) is 2.35. The van der Waals surface area contributed by atoms with Gasteiger partial charge in [0.25, 0.3) is 0 Å². The highest BCUT2D eigenvalue weighted by atomic mass is 16.1. The number of hydrogen-bond donors (Lipinski definition) is 0. The van der Waals surface area contributed by atoms with E-state index >= 15 is 0 Å². The van der Waals surface area contributed by atoms with Gasteiger partial charge >= 0.3 is 0 Å². The molecule has 0 bridgehead atoms. The molecule has 0 aromatic heterocycles. The molecule has 3 atom stereocenters. The molecule has 2 saturated carbocycles.